The Labute approximate surface area is 392 Å². The molecule has 314 valence electrons. The number of hydrogen-bond acceptors (Lipinski definition) is 1. The van der Waals surface area contributed by atoms with Gasteiger partial charge in [0.1, 0.15) is 0 Å². The van der Waals surface area contributed by atoms with Gasteiger partial charge in [-0.3, -0.25) is 0 Å². The Hall–Kier alpha value is -8.78. The molecule has 0 atom stereocenters. The van der Waals surface area contributed by atoms with E-state index < -0.39 is 0 Å². The molecule has 0 aliphatic heterocycles. The van der Waals surface area contributed by atoms with Crippen LogP contribution in [0.2, 0.25) is 0 Å². The zero-order valence-electron chi connectivity index (χ0n) is 36.9. The van der Waals surface area contributed by atoms with Crippen LogP contribution in [0.5, 0.6) is 0 Å². The molecule has 12 aromatic carbocycles. The number of fused-ring (bicyclic) bond motifs is 4. The van der Waals surface area contributed by atoms with Crippen LogP contribution >= 0.6 is 0 Å². The minimum atomic E-state index is 1.08. The molecule has 0 bridgehead atoms. The van der Waals surface area contributed by atoms with Crippen molar-refractivity contribution in [2.24, 2.45) is 0 Å². The number of hydrogen-bond donors (Lipinski definition) is 0. The first-order valence-electron chi connectivity index (χ1n) is 23.1. The highest BCUT2D eigenvalue weighted by atomic mass is 15.1. The standard InChI is InChI=1S/C66H45N/c1-2-17-48(18-3-1)57-21-8-10-24-60(57)63-27-13-14-28-64(63)61-25-11-9-22-58(61)49-34-40-55(41-35-49)67(54-38-32-47(33-39-54)52-31-30-46-16-4-5-19-51(46)44-52)56-42-36-50(37-43-56)66-45-53-20-6-7-23-59(53)62-26-12-15-29-65(62)66/h1-45H. The molecular formula is C66H45N. The van der Waals surface area contributed by atoms with Gasteiger partial charge in [0.25, 0.3) is 0 Å². The van der Waals surface area contributed by atoms with Crippen molar-refractivity contribution >= 4 is 49.4 Å². The van der Waals surface area contributed by atoms with Crippen molar-refractivity contribution in [2.75, 3.05) is 4.90 Å². The van der Waals surface area contributed by atoms with Gasteiger partial charge in [-0.2, -0.15) is 0 Å². The molecular weight excluding hydrogens is 807 g/mol. The van der Waals surface area contributed by atoms with Gasteiger partial charge in [-0.25, -0.2) is 0 Å². The van der Waals surface area contributed by atoms with E-state index in [-0.39, 0.29) is 0 Å². The molecule has 0 spiro atoms. The summed E-state index contributed by atoms with van der Waals surface area (Å²) in [5.41, 5.74) is 17.7. The van der Waals surface area contributed by atoms with Crippen LogP contribution in [0.25, 0.3) is 99.1 Å². The molecule has 1 heteroatoms. The van der Waals surface area contributed by atoms with Crippen LogP contribution in [0.4, 0.5) is 17.1 Å². The summed E-state index contributed by atoms with van der Waals surface area (Å²) in [7, 11) is 0. The Bertz CT molecular complexity index is 3720. The van der Waals surface area contributed by atoms with Gasteiger partial charge in [-0.15, -0.1) is 0 Å². The highest BCUT2D eigenvalue weighted by Crippen LogP contribution is 2.44. The number of anilines is 3. The van der Waals surface area contributed by atoms with E-state index in [1.54, 1.807) is 0 Å². The molecule has 0 radical (unpaired) electrons. The molecule has 0 aromatic heterocycles. The first-order chi connectivity index (χ1) is 33.2. The Morgan fingerprint density at radius 3 is 1.12 bits per heavy atom. The van der Waals surface area contributed by atoms with Crippen LogP contribution in [0.1, 0.15) is 0 Å². The third-order valence-electron chi connectivity index (χ3n) is 13.3. The lowest BCUT2D eigenvalue weighted by molar-refractivity contribution is 1.28. The average molecular weight is 852 g/mol. The molecule has 0 heterocycles. The van der Waals surface area contributed by atoms with Crippen LogP contribution in [0.3, 0.4) is 0 Å². The molecule has 0 N–H and O–H groups in total. The van der Waals surface area contributed by atoms with E-state index in [2.05, 4.69) is 278 Å². The van der Waals surface area contributed by atoms with Gasteiger partial charge >= 0.3 is 0 Å². The summed E-state index contributed by atoms with van der Waals surface area (Å²) in [6, 6.07) is 99.4. The molecule has 0 amide bonds. The fraction of sp³-hybridized carbons (Fsp3) is 0. The highest BCUT2D eigenvalue weighted by Gasteiger charge is 2.18. The Morgan fingerprint density at radius 2 is 0.552 bits per heavy atom. The summed E-state index contributed by atoms with van der Waals surface area (Å²) in [6.45, 7) is 0. The average Bonchev–Trinajstić information content (AvgIpc) is 3.41. The van der Waals surface area contributed by atoms with Gasteiger partial charge in [0.2, 0.25) is 0 Å². The minimum absolute atomic E-state index is 1.08. The first kappa shape index (κ1) is 39.8. The predicted octanol–water partition coefficient (Wildman–Crippen LogP) is 18.6. The Kier molecular flexibility index (Phi) is 10.3. The fourth-order valence-electron chi connectivity index (χ4n) is 10.0. The van der Waals surface area contributed by atoms with E-state index in [4.69, 9.17) is 0 Å². The van der Waals surface area contributed by atoms with Crippen LogP contribution in [-0.4, -0.2) is 0 Å². The summed E-state index contributed by atoms with van der Waals surface area (Å²) >= 11 is 0. The number of rotatable bonds is 9. The van der Waals surface area contributed by atoms with E-state index in [9.17, 15) is 0 Å². The normalized spacial score (nSPS) is 11.3. The molecule has 0 aliphatic carbocycles. The molecule has 1 nitrogen and oxygen atoms in total. The van der Waals surface area contributed by atoms with Crippen molar-refractivity contribution < 1.29 is 0 Å². The molecule has 0 saturated heterocycles. The molecule has 67 heavy (non-hydrogen) atoms. The second-order valence-corrected chi connectivity index (χ2v) is 17.2. The maximum atomic E-state index is 2.37. The van der Waals surface area contributed by atoms with Gasteiger partial charge in [0, 0.05) is 17.1 Å². The monoisotopic (exact) mass is 851 g/mol. The van der Waals surface area contributed by atoms with E-state index in [1.165, 1.54) is 93.5 Å². The van der Waals surface area contributed by atoms with Gasteiger partial charge in [0.05, 0.1) is 0 Å². The first-order valence-corrected chi connectivity index (χ1v) is 23.1. The molecule has 0 fully saturated rings. The third-order valence-corrected chi connectivity index (χ3v) is 13.3. The summed E-state index contributed by atoms with van der Waals surface area (Å²) in [5.74, 6) is 0. The topological polar surface area (TPSA) is 3.24 Å². The van der Waals surface area contributed by atoms with E-state index >= 15 is 0 Å². The molecule has 12 aromatic rings. The molecule has 0 aliphatic rings. The van der Waals surface area contributed by atoms with Gasteiger partial charge in [0.15, 0.2) is 0 Å². The zero-order valence-corrected chi connectivity index (χ0v) is 36.9. The van der Waals surface area contributed by atoms with Crippen molar-refractivity contribution in [3.8, 4) is 66.8 Å². The minimum Gasteiger partial charge on any atom is -0.311 e. The van der Waals surface area contributed by atoms with E-state index in [1.807, 2.05) is 0 Å². The van der Waals surface area contributed by atoms with Crippen LogP contribution < -0.4 is 4.90 Å². The van der Waals surface area contributed by atoms with Gasteiger partial charge in [-0.1, -0.05) is 224 Å². The van der Waals surface area contributed by atoms with Crippen molar-refractivity contribution in [1.29, 1.82) is 0 Å². The summed E-state index contributed by atoms with van der Waals surface area (Å²) < 4.78 is 0. The SMILES string of the molecule is c1ccc(-c2ccccc2-c2ccccc2-c2ccccc2-c2ccc(N(c3ccc(-c4ccc5ccccc5c4)cc3)c3ccc(-c4cc5ccccc5c5ccccc45)cc3)cc2)cc1. The lowest BCUT2D eigenvalue weighted by Gasteiger charge is -2.26. The zero-order chi connectivity index (χ0) is 44.5. The Balaban J connectivity index is 0.938. The van der Waals surface area contributed by atoms with Crippen molar-refractivity contribution in [3.63, 3.8) is 0 Å². The summed E-state index contributed by atoms with van der Waals surface area (Å²) in [4.78, 5) is 2.37. The van der Waals surface area contributed by atoms with Crippen LogP contribution in [-0.2, 0) is 0 Å². The van der Waals surface area contributed by atoms with Gasteiger partial charge < -0.3 is 4.90 Å². The summed E-state index contributed by atoms with van der Waals surface area (Å²) in [5, 5.41) is 7.55. The van der Waals surface area contributed by atoms with Crippen LogP contribution in [0.15, 0.2) is 273 Å². The van der Waals surface area contributed by atoms with Gasteiger partial charge in [-0.05, 0) is 148 Å². The maximum absolute atomic E-state index is 2.37. The number of nitrogens with zero attached hydrogens (tertiary/aromatic N) is 1. The molecule has 0 saturated carbocycles. The van der Waals surface area contributed by atoms with E-state index in [0.717, 1.165) is 22.6 Å². The third kappa shape index (κ3) is 7.53. The summed E-state index contributed by atoms with van der Waals surface area (Å²) in [6.07, 6.45) is 0. The van der Waals surface area contributed by atoms with Crippen LogP contribution in [0, 0.1) is 0 Å². The highest BCUT2D eigenvalue weighted by molar-refractivity contribution is 6.13. The van der Waals surface area contributed by atoms with Crippen molar-refractivity contribution in [2.45, 2.75) is 0 Å². The maximum Gasteiger partial charge on any atom is 0.0462 e. The lowest BCUT2D eigenvalue weighted by atomic mass is 9.87. The lowest BCUT2D eigenvalue weighted by Crippen LogP contribution is -2.09. The molecule has 12 rings (SSSR count). The number of benzene rings is 12. The second-order valence-electron chi connectivity index (χ2n) is 17.2. The quantitative estimate of drug-likeness (QED) is 0.131. The molecule has 0 unspecified atom stereocenters. The van der Waals surface area contributed by atoms with E-state index in [0.29, 0.717) is 0 Å². The van der Waals surface area contributed by atoms with Crippen molar-refractivity contribution in [1.82, 2.24) is 0 Å². The second kappa shape index (κ2) is 17.3. The largest absolute Gasteiger partial charge is 0.311 e. The fourth-order valence-corrected chi connectivity index (χ4v) is 10.0. The smallest absolute Gasteiger partial charge is 0.0462 e. The predicted molar refractivity (Wildman–Crippen MR) is 286 cm³/mol. The van der Waals surface area contributed by atoms with Crippen molar-refractivity contribution in [3.05, 3.63) is 273 Å². The Morgan fingerprint density at radius 1 is 0.179 bits per heavy atom.